The second kappa shape index (κ2) is 6.40. The van der Waals surface area contributed by atoms with Crippen LogP contribution in [0.3, 0.4) is 0 Å². The van der Waals surface area contributed by atoms with Gasteiger partial charge in [-0.15, -0.1) is 0 Å². The zero-order chi connectivity index (χ0) is 10.3. The van der Waals surface area contributed by atoms with Crippen molar-refractivity contribution in [3.05, 3.63) is 12.2 Å². The monoisotopic (exact) mass is 184 g/mol. The molecule has 0 unspecified atom stereocenters. The molecule has 0 fully saturated rings. The lowest BCUT2D eigenvalue weighted by atomic mass is 9.93. The van der Waals surface area contributed by atoms with Crippen LogP contribution in [0.4, 0.5) is 0 Å². The Morgan fingerprint density at radius 3 is 2.54 bits per heavy atom. The van der Waals surface area contributed by atoms with Crippen LogP contribution in [-0.2, 0) is 14.3 Å². The minimum Gasteiger partial charge on any atom is -0.466 e. The third-order valence-corrected chi connectivity index (χ3v) is 2.10. The third kappa shape index (κ3) is 5.17. The van der Waals surface area contributed by atoms with Crippen LogP contribution in [0, 0.1) is 11.8 Å². The van der Waals surface area contributed by atoms with E-state index in [4.69, 9.17) is 0 Å². The van der Waals surface area contributed by atoms with Gasteiger partial charge in [-0.2, -0.15) is 0 Å². The number of esters is 1. The fourth-order valence-corrected chi connectivity index (χ4v) is 0.854. The highest BCUT2D eigenvalue weighted by molar-refractivity contribution is 5.81. The molecule has 0 saturated heterocycles. The van der Waals surface area contributed by atoms with Crippen LogP contribution in [0.2, 0.25) is 0 Å². The maximum Gasteiger partial charge on any atom is 0.330 e. The predicted molar refractivity (Wildman–Crippen MR) is 50.2 cm³/mol. The van der Waals surface area contributed by atoms with Crippen molar-refractivity contribution in [2.45, 2.75) is 20.3 Å². The van der Waals surface area contributed by atoms with Crippen molar-refractivity contribution >= 4 is 12.3 Å². The fourth-order valence-electron chi connectivity index (χ4n) is 0.854. The topological polar surface area (TPSA) is 43.4 Å². The van der Waals surface area contributed by atoms with Gasteiger partial charge in [-0.05, 0) is 11.8 Å². The molecule has 0 spiro atoms. The molecular formula is C10H16O3. The maximum atomic E-state index is 10.7. The van der Waals surface area contributed by atoms with Gasteiger partial charge >= 0.3 is 5.97 Å². The summed E-state index contributed by atoms with van der Waals surface area (Å²) < 4.78 is 4.45. The van der Waals surface area contributed by atoms with E-state index < -0.39 is 0 Å². The SMILES string of the molecule is COC(=O)/C=C/[C@H](C)[C@H](C)CC=O. The zero-order valence-corrected chi connectivity index (χ0v) is 8.32. The van der Waals surface area contributed by atoms with E-state index in [1.54, 1.807) is 6.08 Å². The third-order valence-electron chi connectivity index (χ3n) is 2.10. The summed E-state index contributed by atoms with van der Waals surface area (Å²) in [4.78, 5) is 20.9. The molecule has 3 nitrogen and oxygen atoms in total. The average molecular weight is 184 g/mol. The highest BCUT2D eigenvalue weighted by Gasteiger charge is 2.08. The first-order chi connectivity index (χ1) is 6.11. The number of aldehydes is 1. The number of carbonyl (C=O) groups excluding carboxylic acids is 2. The van der Waals surface area contributed by atoms with Gasteiger partial charge in [0, 0.05) is 12.5 Å². The van der Waals surface area contributed by atoms with Crippen LogP contribution in [0.1, 0.15) is 20.3 Å². The molecule has 0 aromatic rings. The van der Waals surface area contributed by atoms with Gasteiger partial charge in [-0.25, -0.2) is 4.79 Å². The van der Waals surface area contributed by atoms with Gasteiger partial charge in [0.05, 0.1) is 7.11 Å². The summed E-state index contributed by atoms with van der Waals surface area (Å²) in [7, 11) is 1.34. The fraction of sp³-hybridized carbons (Fsp3) is 0.600. The highest BCUT2D eigenvalue weighted by atomic mass is 16.5. The van der Waals surface area contributed by atoms with Gasteiger partial charge in [0.25, 0.3) is 0 Å². The Balaban J connectivity index is 3.97. The van der Waals surface area contributed by atoms with Crippen molar-refractivity contribution in [3.63, 3.8) is 0 Å². The quantitative estimate of drug-likeness (QED) is 0.370. The summed E-state index contributed by atoms with van der Waals surface area (Å²) in [5, 5.41) is 0. The molecule has 0 radical (unpaired) electrons. The number of rotatable bonds is 5. The number of allylic oxidation sites excluding steroid dienone is 1. The predicted octanol–water partition coefficient (Wildman–Crippen LogP) is 1.58. The van der Waals surface area contributed by atoms with Gasteiger partial charge in [0.15, 0.2) is 0 Å². The van der Waals surface area contributed by atoms with Gasteiger partial charge in [0.2, 0.25) is 0 Å². The number of methoxy groups -OCH3 is 1. The van der Waals surface area contributed by atoms with E-state index >= 15 is 0 Å². The summed E-state index contributed by atoms with van der Waals surface area (Å²) in [6.07, 6.45) is 4.58. The Kier molecular flexibility index (Phi) is 5.85. The lowest BCUT2D eigenvalue weighted by Crippen LogP contribution is -2.06. The molecule has 2 atom stereocenters. The smallest absolute Gasteiger partial charge is 0.330 e. The van der Waals surface area contributed by atoms with Crippen molar-refractivity contribution in [2.24, 2.45) is 11.8 Å². The van der Waals surface area contributed by atoms with E-state index in [-0.39, 0.29) is 17.8 Å². The van der Waals surface area contributed by atoms with Crippen LogP contribution in [-0.4, -0.2) is 19.4 Å². The Morgan fingerprint density at radius 2 is 2.08 bits per heavy atom. The Labute approximate surface area is 78.8 Å². The van der Waals surface area contributed by atoms with Crippen LogP contribution in [0.25, 0.3) is 0 Å². The molecule has 13 heavy (non-hydrogen) atoms. The molecule has 0 aliphatic carbocycles. The molecule has 0 rings (SSSR count). The molecule has 0 aliphatic rings. The first-order valence-electron chi connectivity index (χ1n) is 4.31. The summed E-state index contributed by atoms with van der Waals surface area (Å²) in [6.45, 7) is 3.94. The minimum absolute atomic E-state index is 0.212. The van der Waals surface area contributed by atoms with E-state index in [9.17, 15) is 9.59 Å². The second-order valence-electron chi connectivity index (χ2n) is 3.12. The van der Waals surface area contributed by atoms with Gasteiger partial charge in [0.1, 0.15) is 6.29 Å². The first kappa shape index (κ1) is 11.9. The maximum absolute atomic E-state index is 10.7. The zero-order valence-electron chi connectivity index (χ0n) is 8.32. The number of ether oxygens (including phenoxy) is 1. The molecular weight excluding hydrogens is 168 g/mol. The van der Waals surface area contributed by atoms with E-state index in [1.165, 1.54) is 13.2 Å². The molecule has 0 heterocycles. The summed E-state index contributed by atoms with van der Waals surface area (Å²) in [6, 6.07) is 0. The lowest BCUT2D eigenvalue weighted by Gasteiger charge is -2.12. The first-order valence-corrected chi connectivity index (χ1v) is 4.31. The number of hydrogen-bond acceptors (Lipinski definition) is 3. The van der Waals surface area contributed by atoms with Crippen molar-refractivity contribution in [3.8, 4) is 0 Å². The summed E-state index contributed by atoms with van der Waals surface area (Å²) in [5.41, 5.74) is 0. The molecule has 0 amide bonds. The van der Waals surface area contributed by atoms with Gasteiger partial charge < -0.3 is 9.53 Å². The molecule has 0 aliphatic heterocycles. The lowest BCUT2D eigenvalue weighted by molar-refractivity contribution is -0.134. The average Bonchev–Trinajstić information content (AvgIpc) is 2.13. The second-order valence-corrected chi connectivity index (χ2v) is 3.12. The molecule has 74 valence electrons. The molecule has 0 saturated carbocycles. The minimum atomic E-state index is -0.356. The van der Waals surface area contributed by atoms with Gasteiger partial charge in [-0.1, -0.05) is 19.9 Å². The normalized spacial score (nSPS) is 15.3. The Bertz CT molecular complexity index is 196. The highest BCUT2D eigenvalue weighted by Crippen LogP contribution is 2.14. The standard InChI is InChI=1S/C10H16O3/c1-8(9(2)6-7-11)4-5-10(12)13-3/h4-5,7-9H,6H2,1-3H3/b5-4+/t8-,9+/m0/s1. The van der Waals surface area contributed by atoms with Crippen molar-refractivity contribution in [2.75, 3.05) is 7.11 Å². The van der Waals surface area contributed by atoms with E-state index in [2.05, 4.69) is 4.74 Å². The van der Waals surface area contributed by atoms with Crippen molar-refractivity contribution in [1.29, 1.82) is 0 Å². The van der Waals surface area contributed by atoms with Crippen LogP contribution < -0.4 is 0 Å². The summed E-state index contributed by atoms with van der Waals surface area (Å²) in [5.74, 6) is 0.118. The van der Waals surface area contributed by atoms with E-state index in [1.807, 2.05) is 13.8 Å². The molecule has 0 aromatic heterocycles. The van der Waals surface area contributed by atoms with Crippen molar-refractivity contribution < 1.29 is 14.3 Å². The number of hydrogen-bond donors (Lipinski definition) is 0. The molecule has 0 aromatic carbocycles. The van der Waals surface area contributed by atoms with Crippen LogP contribution in [0.15, 0.2) is 12.2 Å². The summed E-state index contributed by atoms with van der Waals surface area (Å²) >= 11 is 0. The molecule has 0 N–H and O–H groups in total. The van der Waals surface area contributed by atoms with Gasteiger partial charge in [-0.3, -0.25) is 0 Å². The van der Waals surface area contributed by atoms with E-state index in [0.29, 0.717) is 6.42 Å². The Morgan fingerprint density at radius 1 is 1.46 bits per heavy atom. The van der Waals surface area contributed by atoms with E-state index in [0.717, 1.165) is 6.29 Å². The molecule has 3 heteroatoms. The molecule has 0 bridgehead atoms. The van der Waals surface area contributed by atoms with Crippen molar-refractivity contribution in [1.82, 2.24) is 0 Å². The largest absolute Gasteiger partial charge is 0.466 e. The van der Waals surface area contributed by atoms with Crippen LogP contribution >= 0.6 is 0 Å². The number of carbonyl (C=O) groups is 2. The van der Waals surface area contributed by atoms with Crippen LogP contribution in [0.5, 0.6) is 0 Å². The Hall–Kier alpha value is -1.12.